The number of aromatic nitrogens is 1. The molecule has 1 amide bonds. The van der Waals surface area contributed by atoms with Crippen molar-refractivity contribution >= 4 is 11.6 Å². The zero-order chi connectivity index (χ0) is 18.5. The van der Waals surface area contributed by atoms with Crippen LogP contribution in [0.4, 0.5) is 5.69 Å². The quantitative estimate of drug-likeness (QED) is 0.804. The van der Waals surface area contributed by atoms with E-state index in [0.29, 0.717) is 32.0 Å². The van der Waals surface area contributed by atoms with Crippen LogP contribution in [0.2, 0.25) is 0 Å². The predicted molar refractivity (Wildman–Crippen MR) is 104 cm³/mol. The van der Waals surface area contributed by atoms with E-state index in [-0.39, 0.29) is 5.91 Å². The fraction of sp³-hybridized carbons (Fsp3) is 0.619. The van der Waals surface area contributed by atoms with Crippen molar-refractivity contribution in [2.24, 2.45) is 0 Å². The number of ether oxygens (including phenoxy) is 2. The van der Waals surface area contributed by atoms with Crippen molar-refractivity contribution in [1.82, 2.24) is 9.88 Å². The highest BCUT2D eigenvalue weighted by Crippen LogP contribution is 2.31. The third-order valence-electron chi connectivity index (χ3n) is 5.77. The van der Waals surface area contributed by atoms with E-state index in [4.69, 9.17) is 9.47 Å². The standard InChI is InChI=1S/C21H29N3O3/c25-20(24-12-8-21(9-13-24)26-14-15-27-21)19-16-18(7-11-23-19)22-10-6-17-4-2-1-3-5-17/h4,7,11,16H,1-3,5-6,8-10,12-15H2,(H,22,23). The van der Waals surface area contributed by atoms with E-state index in [1.807, 2.05) is 17.0 Å². The Labute approximate surface area is 160 Å². The number of nitrogens with one attached hydrogen (secondary N) is 1. The number of carbonyl (C=O) groups is 1. The molecular formula is C21H29N3O3. The molecule has 2 fully saturated rings. The van der Waals surface area contributed by atoms with Gasteiger partial charge in [-0.25, -0.2) is 0 Å². The number of rotatable bonds is 5. The highest BCUT2D eigenvalue weighted by atomic mass is 16.7. The number of nitrogens with zero attached hydrogens (tertiary/aromatic N) is 2. The third kappa shape index (κ3) is 4.50. The summed E-state index contributed by atoms with van der Waals surface area (Å²) in [6.07, 6.45) is 11.7. The second kappa shape index (κ2) is 8.40. The molecule has 0 atom stereocenters. The van der Waals surface area contributed by atoms with E-state index in [1.165, 1.54) is 25.7 Å². The molecule has 0 unspecified atom stereocenters. The van der Waals surface area contributed by atoms with Gasteiger partial charge in [-0.3, -0.25) is 9.78 Å². The van der Waals surface area contributed by atoms with Crippen molar-refractivity contribution in [3.05, 3.63) is 35.7 Å². The zero-order valence-corrected chi connectivity index (χ0v) is 15.9. The molecular weight excluding hydrogens is 342 g/mol. The minimum Gasteiger partial charge on any atom is -0.385 e. The molecule has 27 heavy (non-hydrogen) atoms. The van der Waals surface area contributed by atoms with Gasteiger partial charge >= 0.3 is 0 Å². The number of pyridine rings is 1. The van der Waals surface area contributed by atoms with Crippen molar-refractivity contribution in [3.8, 4) is 0 Å². The van der Waals surface area contributed by atoms with Crippen LogP contribution in [0.5, 0.6) is 0 Å². The Morgan fingerprint density at radius 3 is 2.78 bits per heavy atom. The molecule has 146 valence electrons. The van der Waals surface area contributed by atoms with Crippen LogP contribution in [-0.2, 0) is 9.47 Å². The normalized spacial score (nSPS) is 21.9. The predicted octanol–water partition coefficient (Wildman–Crippen LogP) is 3.36. The summed E-state index contributed by atoms with van der Waals surface area (Å²) in [5.74, 6) is -0.469. The highest BCUT2D eigenvalue weighted by Gasteiger charge is 2.41. The summed E-state index contributed by atoms with van der Waals surface area (Å²) in [7, 11) is 0. The maximum Gasteiger partial charge on any atom is 0.272 e. The van der Waals surface area contributed by atoms with E-state index in [2.05, 4.69) is 16.4 Å². The SMILES string of the molecule is O=C(c1cc(NCCC2=CCCCC2)ccn1)N1CCC2(CC1)OCCO2. The lowest BCUT2D eigenvalue weighted by atomic mass is 9.97. The molecule has 0 radical (unpaired) electrons. The summed E-state index contributed by atoms with van der Waals surface area (Å²) < 4.78 is 11.5. The van der Waals surface area contributed by atoms with Crippen molar-refractivity contribution in [2.75, 3.05) is 38.2 Å². The molecule has 4 rings (SSSR count). The molecule has 0 saturated carbocycles. The molecule has 1 aliphatic carbocycles. The Kier molecular flexibility index (Phi) is 5.74. The molecule has 0 aromatic carbocycles. The molecule has 2 aliphatic heterocycles. The molecule has 1 N–H and O–H groups in total. The summed E-state index contributed by atoms with van der Waals surface area (Å²) in [6.45, 7) is 3.49. The van der Waals surface area contributed by atoms with Gasteiger partial charge < -0.3 is 19.7 Å². The van der Waals surface area contributed by atoms with Gasteiger partial charge in [-0.15, -0.1) is 0 Å². The summed E-state index contributed by atoms with van der Waals surface area (Å²) in [6, 6.07) is 3.79. The summed E-state index contributed by atoms with van der Waals surface area (Å²) in [5.41, 5.74) is 3.01. The van der Waals surface area contributed by atoms with Crippen LogP contribution in [0, 0.1) is 0 Å². The van der Waals surface area contributed by atoms with E-state index in [9.17, 15) is 4.79 Å². The minimum atomic E-state index is -0.457. The van der Waals surface area contributed by atoms with Crippen LogP contribution in [0.15, 0.2) is 30.0 Å². The number of anilines is 1. The second-order valence-corrected chi connectivity index (χ2v) is 7.61. The van der Waals surface area contributed by atoms with Gasteiger partial charge in [0.15, 0.2) is 5.79 Å². The van der Waals surface area contributed by atoms with Gasteiger partial charge in [-0.2, -0.15) is 0 Å². The van der Waals surface area contributed by atoms with Crippen molar-refractivity contribution < 1.29 is 14.3 Å². The fourth-order valence-electron chi connectivity index (χ4n) is 4.15. The Morgan fingerprint density at radius 1 is 1.22 bits per heavy atom. The van der Waals surface area contributed by atoms with Crippen LogP contribution < -0.4 is 5.32 Å². The smallest absolute Gasteiger partial charge is 0.272 e. The Hall–Kier alpha value is -1.92. The van der Waals surface area contributed by atoms with E-state index in [1.54, 1.807) is 11.8 Å². The molecule has 2 saturated heterocycles. The van der Waals surface area contributed by atoms with Crippen molar-refractivity contribution in [2.45, 2.75) is 50.7 Å². The minimum absolute atomic E-state index is 0.0125. The molecule has 6 heteroatoms. The van der Waals surface area contributed by atoms with Gasteiger partial charge in [0.25, 0.3) is 5.91 Å². The van der Waals surface area contributed by atoms with Crippen LogP contribution in [-0.4, -0.2) is 54.4 Å². The lowest BCUT2D eigenvalue weighted by Crippen LogP contribution is -2.47. The van der Waals surface area contributed by atoms with Crippen molar-refractivity contribution in [1.29, 1.82) is 0 Å². The molecule has 1 spiro atoms. The first-order valence-electron chi connectivity index (χ1n) is 10.2. The first-order chi connectivity index (χ1) is 13.2. The number of hydrogen-bond acceptors (Lipinski definition) is 5. The fourth-order valence-corrected chi connectivity index (χ4v) is 4.15. The Bertz CT molecular complexity index is 688. The largest absolute Gasteiger partial charge is 0.385 e. The molecule has 3 heterocycles. The maximum atomic E-state index is 12.8. The number of amides is 1. The van der Waals surface area contributed by atoms with Gasteiger partial charge in [0.05, 0.1) is 13.2 Å². The molecule has 6 nitrogen and oxygen atoms in total. The monoisotopic (exact) mass is 371 g/mol. The van der Waals surface area contributed by atoms with Gasteiger partial charge in [0, 0.05) is 44.4 Å². The van der Waals surface area contributed by atoms with Gasteiger partial charge in [0.1, 0.15) is 5.69 Å². The van der Waals surface area contributed by atoms with E-state index in [0.717, 1.165) is 31.5 Å². The van der Waals surface area contributed by atoms with Gasteiger partial charge in [-0.1, -0.05) is 11.6 Å². The number of hydrogen-bond donors (Lipinski definition) is 1. The van der Waals surface area contributed by atoms with Crippen LogP contribution >= 0.6 is 0 Å². The molecule has 1 aromatic rings. The number of piperidine rings is 1. The lowest BCUT2D eigenvalue weighted by Gasteiger charge is -2.37. The van der Waals surface area contributed by atoms with Crippen LogP contribution in [0.1, 0.15) is 55.4 Å². The van der Waals surface area contributed by atoms with E-state index < -0.39 is 5.79 Å². The van der Waals surface area contributed by atoms with Gasteiger partial charge in [-0.05, 0) is 44.2 Å². The summed E-state index contributed by atoms with van der Waals surface area (Å²) in [4.78, 5) is 19.0. The lowest BCUT2D eigenvalue weighted by molar-refractivity contribution is -0.181. The molecule has 0 bridgehead atoms. The first kappa shape index (κ1) is 18.4. The first-order valence-corrected chi connectivity index (χ1v) is 10.2. The number of carbonyl (C=O) groups excluding carboxylic acids is 1. The second-order valence-electron chi connectivity index (χ2n) is 7.61. The van der Waals surface area contributed by atoms with E-state index >= 15 is 0 Å². The Balaban J connectivity index is 1.30. The average molecular weight is 371 g/mol. The average Bonchev–Trinajstić information content (AvgIpc) is 3.17. The zero-order valence-electron chi connectivity index (χ0n) is 15.9. The Morgan fingerprint density at radius 2 is 2.04 bits per heavy atom. The third-order valence-corrected chi connectivity index (χ3v) is 5.77. The highest BCUT2D eigenvalue weighted by molar-refractivity contribution is 5.93. The molecule has 3 aliphatic rings. The molecule has 1 aromatic heterocycles. The van der Waals surface area contributed by atoms with Crippen molar-refractivity contribution in [3.63, 3.8) is 0 Å². The van der Waals surface area contributed by atoms with Crippen LogP contribution in [0.3, 0.4) is 0 Å². The summed E-state index contributed by atoms with van der Waals surface area (Å²) in [5, 5.41) is 3.44. The van der Waals surface area contributed by atoms with Crippen LogP contribution in [0.25, 0.3) is 0 Å². The topological polar surface area (TPSA) is 63.7 Å². The maximum absolute atomic E-state index is 12.8. The van der Waals surface area contributed by atoms with Gasteiger partial charge in [0.2, 0.25) is 0 Å². The summed E-state index contributed by atoms with van der Waals surface area (Å²) >= 11 is 0. The number of allylic oxidation sites excluding steroid dienone is 1. The number of likely N-dealkylation sites (tertiary alicyclic amines) is 1.